The third-order valence-electron chi connectivity index (χ3n) is 4.20. The fraction of sp³-hybridized carbons (Fsp3) is 0.294. The molecule has 0 unspecified atom stereocenters. The molecule has 12 heteroatoms. The Morgan fingerprint density at radius 3 is 2.69 bits per heavy atom. The number of nitrogens with zero attached hydrogens (tertiary/aromatic N) is 3. The van der Waals surface area contributed by atoms with E-state index in [9.17, 15) is 22.4 Å². The number of benzene rings is 1. The lowest BCUT2D eigenvalue weighted by Gasteiger charge is -2.39. The molecular formula is C17H14ClF4N5O2. The Morgan fingerprint density at radius 2 is 2.07 bits per heavy atom. The number of alkyl halides is 3. The van der Waals surface area contributed by atoms with Gasteiger partial charge in [-0.25, -0.2) is 14.4 Å². The van der Waals surface area contributed by atoms with Gasteiger partial charge in [-0.05, 0) is 25.1 Å². The number of rotatable bonds is 3. The summed E-state index contributed by atoms with van der Waals surface area (Å²) >= 11 is 5.60. The maximum atomic E-state index is 14.5. The SMILES string of the molecule is C[C@]1(c2cc(NC(=O)c3cnc(Cl)cn3)ccc2F)N=C(N)CO[C@H]1C(F)(F)F. The van der Waals surface area contributed by atoms with Crippen LogP contribution in [0.5, 0.6) is 0 Å². The van der Waals surface area contributed by atoms with Crippen LogP contribution in [0, 0.1) is 5.82 Å². The van der Waals surface area contributed by atoms with Crippen LogP contribution < -0.4 is 11.1 Å². The van der Waals surface area contributed by atoms with Crippen LogP contribution in [0.1, 0.15) is 23.0 Å². The van der Waals surface area contributed by atoms with Crippen LogP contribution in [0.15, 0.2) is 35.6 Å². The molecule has 3 rings (SSSR count). The van der Waals surface area contributed by atoms with Gasteiger partial charge < -0.3 is 15.8 Å². The lowest BCUT2D eigenvalue weighted by Crippen LogP contribution is -2.53. The van der Waals surface area contributed by atoms with E-state index in [1.54, 1.807) is 0 Å². The van der Waals surface area contributed by atoms with Gasteiger partial charge in [-0.1, -0.05) is 11.6 Å². The zero-order chi connectivity index (χ0) is 21.4. The molecule has 2 aromatic rings. The Morgan fingerprint density at radius 1 is 1.34 bits per heavy atom. The van der Waals surface area contributed by atoms with Crippen molar-refractivity contribution >= 4 is 29.0 Å². The van der Waals surface area contributed by atoms with Crippen molar-refractivity contribution in [3.8, 4) is 0 Å². The maximum absolute atomic E-state index is 14.5. The quantitative estimate of drug-likeness (QED) is 0.727. The summed E-state index contributed by atoms with van der Waals surface area (Å²) in [5, 5.41) is 2.49. The first-order chi connectivity index (χ1) is 13.5. The summed E-state index contributed by atoms with van der Waals surface area (Å²) < 4.78 is 59.8. The predicted molar refractivity (Wildman–Crippen MR) is 96.2 cm³/mol. The lowest BCUT2D eigenvalue weighted by atomic mass is 9.84. The molecule has 1 aliphatic rings. The number of ether oxygens (including phenoxy) is 1. The molecule has 0 saturated carbocycles. The van der Waals surface area contributed by atoms with E-state index in [0.717, 1.165) is 31.5 Å². The number of nitrogens with one attached hydrogen (secondary N) is 1. The molecule has 0 aliphatic carbocycles. The summed E-state index contributed by atoms with van der Waals surface area (Å²) in [6.45, 7) is 0.527. The van der Waals surface area contributed by atoms with E-state index in [-0.39, 0.29) is 22.4 Å². The predicted octanol–water partition coefficient (Wildman–Crippen LogP) is 3.05. The molecule has 1 aromatic carbocycles. The summed E-state index contributed by atoms with van der Waals surface area (Å²) in [7, 11) is 0. The van der Waals surface area contributed by atoms with Crippen LogP contribution >= 0.6 is 11.6 Å². The number of anilines is 1. The Hall–Kier alpha value is -2.79. The standard InChI is InChI=1S/C17H14ClF4N5O2/c1-16(15(17(20,21)22)29-7-13(23)27-16)9-4-8(2-3-10(9)19)26-14(28)11-5-25-12(18)6-24-11/h2-6,15H,7H2,1H3,(H2,23,27)(H,26,28)/t15-,16-/m1/s1. The van der Waals surface area contributed by atoms with Crippen LogP contribution in [0.2, 0.25) is 5.15 Å². The number of hydrogen-bond acceptors (Lipinski definition) is 6. The number of amides is 1. The van der Waals surface area contributed by atoms with E-state index in [1.165, 1.54) is 6.07 Å². The highest BCUT2D eigenvalue weighted by molar-refractivity contribution is 6.29. The van der Waals surface area contributed by atoms with Crippen LogP contribution in [0.3, 0.4) is 0 Å². The Balaban J connectivity index is 1.98. The highest BCUT2D eigenvalue weighted by Crippen LogP contribution is 2.43. The van der Waals surface area contributed by atoms with Gasteiger partial charge in [0, 0.05) is 11.3 Å². The molecule has 0 saturated heterocycles. The Kier molecular flexibility index (Phi) is 5.46. The topological polar surface area (TPSA) is 102 Å². The van der Waals surface area contributed by atoms with Crippen molar-refractivity contribution in [2.24, 2.45) is 10.7 Å². The maximum Gasteiger partial charge on any atom is 0.417 e. The molecule has 0 radical (unpaired) electrons. The third-order valence-corrected chi connectivity index (χ3v) is 4.40. The van der Waals surface area contributed by atoms with Crippen LogP contribution in [-0.4, -0.2) is 40.6 Å². The molecule has 1 aromatic heterocycles. The molecular weight excluding hydrogens is 418 g/mol. The van der Waals surface area contributed by atoms with Crippen LogP contribution in [0.25, 0.3) is 0 Å². The average Bonchev–Trinajstić information content (AvgIpc) is 2.62. The molecule has 154 valence electrons. The fourth-order valence-corrected chi connectivity index (χ4v) is 3.05. The van der Waals surface area contributed by atoms with Crippen molar-refractivity contribution < 1.29 is 27.1 Å². The van der Waals surface area contributed by atoms with Crippen molar-refractivity contribution in [1.29, 1.82) is 0 Å². The zero-order valence-electron chi connectivity index (χ0n) is 14.8. The van der Waals surface area contributed by atoms with Crippen LogP contribution in [-0.2, 0) is 10.3 Å². The van der Waals surface area contributed by atoms with Crippen molar-refractivity contribution in [3.05, 3.63) is 52.8 Å². The average molecular weight is 432 g/mol. The lowest BCUT2D eigenvalue weighted by molar-refractivity contribution is -0.238. The number of carbonyl (C=O) groups is 1. The Bertz CT molecular complexity index is 967. The monoisotopic (exact) mass is 431 g/mol. The van der Waals surface area contributed by atoms with Gasteiger partial charge in [0.2, 0.25) is 0 Å². The molecule has 0 fully saturated rings. The van der Waals surface area contributed by atoms with Gasteiger partial charge in [0.15, 0.2) is 6.10 Å². The molecule has 0 bridgehead atoms. The van der Waals surface area contributed by atoms with E-state index in [0.29, 0.717) is 0 Å². The van der Waals surface area contributed by atoms with Gasteiger partial charge in [-0.15, -0.1) is 0 Å². The number of carbonyl (C=O) groups excluding carboxylic acids is 1. The third kappa shape index (κ3) is 4.30. The highest BCUT2D eigenvalue weighted by atomic mass is 35.5. The second-order valence-electron chi connectivity index (χ2n) is 6.36. The highest BCUT2D eigenvalue weighted by Gasteiger charge is 2.56. The van der Waals surface area contributed by atoms with E-state index in [1.807, 2.05) is 0 Å². The molecule has 2 heterocycles. The summed E-state index contributed by atoms with van der Waals surface area (Å²) in [6, 6.07) is 3.14. The van der Waals surface area contributed by atoms with E-state index in [2.05, 4.69) is 20.3 Å². The van der Waals surface area contributed by atoms with E-state index in [4.69, 9.17) is 22.1 Å². The normalized spacial score (nSPS) is 22.1. The summed E-state index contributed by atoms with van der Waals surface area (Å²) in [5.74, 6) is -1.89. The second kappa shape index (κ2) is 7.56. The molecule has 1 amide bonds. The fourth-order valence-electron chi connectivity index (χ4n) is 2.95. The van der Waals surface area contributed by atoms with Crippen molar-refractivity contribution in [2.75, 3.05) is 11.9 Å². The second-order valence-corrected chi connectivity index (χ2v) is 6.74. The minimum absolute atomic E-state index is 0.0182. The number of hydrogen-bond donors (Lipinski definition) is 2. The largest absolute Gasteiger partial charge is 0.417 e. The van der Waals surface area contributed by atoms with Crippen molar-refractivity contribution in [3.63, 3.8) is 0 Å². The molecule has 7 nitrogen and oxygen atoms in total. The Labute approximate surface area is 167 Å². The number of amidine groups is 1. The zero-order valence-corrected chi connectivity index (χ0v) is 15.6. The molecule has 3 N–H and O–H groups in total. The minimum Gasteiger partial charge on any atom is -0.386 e. The van der Waals surface area contributed by atoms with E-state index >= 15 is 0 Å². The minimum atomic E-state index is -4.83. The van der Waals surface area contributed by atoms with Gasteiger partial charge in [0.25, 0.3) is 5.91 Å². The van der Waals surface area contributed by atoms with Crippen LogP contribution in [0.4, 0.5) is 23.2 Å². The number of aliphatic imine (C=N–C) groups is 1. The van der Waals surface area contributed by atoms with Gasteiger partial charge in [-0.3, -0.25) is 9.79 Å². The first kappa shape index (κ1) is 20.9. The summed E-state index contributed by atoms with van der Waals surface area (Å²) in [5.41, 5.74) is 2.84. The molecule has 2 atom stereocenters. The first-order valence-electron chi connectivity index (χ1n) is 8.12. The van der Waals surface area contributed by atoms with Gasteiger partial charge in [-0.2, -0.15) is 13.2 Å². The number of halogens is 5. The molecule has 29 heavy (non-hydrogen) atoms. The molecule has 0 spiro atoms. The summed E-state index contributed by atoms with van der Waals surface area (Å²) in [4.78, 5) is 23.6. The van der Waals surface area contributed by atoms with Crippen molar-refractivity contribution in [1.82, 2.24) is 9.97 Å². The number of nitrogens with two attached hydrogens (primary N) is 1. The van der Waals surface area contributed by atoms with E-state index < -0.39 is 41.7 Å². The summed E-state index contributed by atoms with van der Waals surface area (Å²) in [6.07, 6.45) is -4.99. The van der Waals surface area contributed by atoms with Gasteiger partial charge in [0.05, 0.1) is 12.4 Å². The first-order valence-corrected chi connectivity index (χ1v) is 8.50. The van der Waals surface area contributed by atoms with Gasteiger partial charge >= 0.3 is 6.18 Å². The van der Waals surface area contributed by atoms with Crippen molar-refractivity contribution in [2.45, 2.75) is 24.7 Å². The number of aromatic nitrogens is 2. The molecule has 1 aliphatic heterocycles. The van der Waals surface area contributed by atoms with Gasteiger partial charge in [0.1, 0.15) is 34.6 Å². The smallest absolute Gasteiger partial charge is 0.386 e.